The van der Waals surface area contributed by atoms with Gasteiger partial charge in [0.25, 0.3) is 0 Å². The van der Waals surface area contributed by atoms with E-state index in [9.17, 15) is 26.4 Å². The fourth-order valence-electron chi connectivity index (χ4n) is 4.40. The average molecular weight is 553 g/mol. The Balaban J connectivity index is 1.41. The quantitative estimate of drug-likeness (QED) is 0.412. The maximum absolute atomic E-state index is 12.9. The van der Waals surface area contributed by atoms with Crippen LogP contribution in [0.2, 0.25) is 0 Å². The summed E-state index contributed by atoms with van der Waals surface area (Å²) in [4.78, 5) is 20.6. The summed E-state index contributed by atoms with van der Waals surface area (Å²) in [5.74, 6) is -0.0619. The highest BCUT2D eigenvalue weighted by Gasteiger charge is 2.36. The van der Waals surface area contributed by atoms with Crippen molar-refractivity contribution in [2.75, 3.05) is 12.4 Å². The topological polar surface area (TPSA) is 91.4 Å². The van der Waals surface area contributed by atoms with Crippen LogP contribution in [0.1, 0.15) is 47.2 Å². The van der Waals surface area contributed by atoms with Crippen LogP contribution in [0.3, 0.4) is 0 Å². The number of hydrogen-bond acceptors (Lipinski definition) is 6. The fourth-order valence-corrected chi connectivity index (χ4v) is 6.17. The highest BCUT2D eigenvalue weighted by molar-refractivity contribution is 7.89. The molecule has 0 saturated heterocycles. The monoisotopic (exact) mass is 552 g/mol. The smallest absolute Gasteiger partial charge is 0.302 e. The molecule has 1 unspecified atom stereocenters. The summed E-state index contributed by atoms with van der Waals surface area (Å²) >= 11 is 1.39. The second kappa shape index (κ2) is 10.5. The van der Waals surface area contributed by atoms with Crippen LogP contribution in [0.15, 0.2) is 53.4 Å². The maximum Gasteiger partial charge on any atom is 0.416 e. The van der Waals surface area contributed by atoms with Crippen molar-refractivity contribution in [2.24, 2.45) is 5.92 Å². The zero-order chi connectivity index (χ0) is 27.0. The number of anilines is 1. The Morgan fingerprint density at radius 3 is 2.30 bits per heavy atom. The number of sulfonamides is 1. The van der Waals surface area contributed by atoms with Crippen LogP contribution < -0.4 is 10.0 Å². The van der Waals surface area contributed by atoms with Gasteiger partial charge >= 0.3 is 6.18 Å². The summed E-state index contributed by atoms with van der Waals surface area (Å²) in [6, 6.07) is 11.3. The molecule has 12 heteroatoms. The maximum atomic E-state index is 12.9. The van der Waals surface area contributed by atoms with Crippen LogP contribution in [-0.4, -0.2) is 31.3 Å². The van der Waals surface area contributed by atoms with Crippen molar-refractivity contribution in [3.63, 3.8) is 0 Å². The molecule has 4 rings (SSSR count). The van der Waals surface area contributed by atoms with Crippen LogP contribution in [0.25, 0.3) is 0 Å². The van der Waals surface area contributed by atoms with Crippen LogP contribution in [0.5, 0.6) is 0 Å². The molecule has 0 spiro atoms. The summed E-state index contributed by atoms with van der Waals surface area (Å²) < 4.78 is 64.6. The van der Waals surface area contributed by atoms with E-state index in [1.807, 2.05) is 0 Å². The van der Waals surface area contributed by atoms with Crippen molar-refractivity contribution in [2.45, 2.75) is 50.5 Å². The average Bonchev–Trinajstić information content (AvgIpc) is 3.35. The number of benzene rings is 2. The molecule has 7 nitrogen and oxygen atoms in total. The number of aromatic nitrogens is 1. The van der Waals surface area contributed by atoms with Crippen molar-refractivity contribution in [1.29, 1.82) is 0 Å². The summed E-state index contributed by atoms with van der Waals surface area (Å²) in [5.41, 5.74) is 1.66. The van der Waals surface area contributed by atoms with Crippen LogP contribution >= 0.6 is 11.3 Å². The molecule has 0 radical (unpaired) electrons. The number of carbonyl (C=O) groups excluding carboxylic acids is 1. The van der Waals surface area contributed by atoms with Crippen molar-refractivity contribution in [3.05, 3.63) is 75.8 Å². The number of amides is 1. The van der Waals surface area contributed by atoms with Crippen molar-refractivity contribution in [3.8, 4) is 0 Å². The van der Waals surface area contributed by atoms with Gasteiger partial charge in [-0.3, -0.25) is 9.69 Å². The van der Waals surface area contributed by atoms with E-state index in [2.05, 4.69) is 33.8 Å². The van der Waals surface area contributed by atoms with E-state index in [0.29, 0.717) is 23.8 Å². The summed E-state index contributed by atoms with van der Waals surface area (Å²) in [6.45, 7) is 5.21. The molecule has 1 atom stereocenters. The van der Waals surface area contributed by atoms with E-state index >= 15 is 0 Å². The van der Waals surface area contributed by atoms with Gasteiger partial charge < -0.3 is 5.32 Å². The molecule has 198 valence electrons. The van der Waals surface area contributed by atoms with Gasteiger partial charge in [0.15, 0.2) is 5.13 Å². The molecule has 2 heterocycles. The minimum absolute atomic E-state index is 0.0270. The minimum Gasteiger partial charge on any atom is -0.302 e. The van der Waals surface area contributed by atoms with Crippen LogP contribution in [0, 0.1) is 5.92 Å². The number of alkyl halides is 3. The first-order valence-electron chi connectivity index (χ1n) is 11.6. The van der Waals surface area contributed by atoms with Crippen molar-refractivity contribution >= 4 is 32.4 Å². The molecule has 37 heavy (non-hydrogen) atoms. The lowest BCUT2D eigenvalue weighted by Gasteiger charge is -2.27. The molecule has 2 aromatic carbocycles. The van der Waals surface area contributed by atoms with Gasteiger partial charge in [-0.15, -0.1) is 11.3 Å². The Morgan fingerprint density at radius 1 is 1.11 bits per heavy atom. The van der Waals surface area contributed by atoms with Gasteiger partial charge in [0, 0.05) is 18.0 Å². The number of hydrogen-bond donors (Lipinski definition) is 2. The summed E-state index contributed by atoms with van der Waals surface area (Å²) in [7, 11) is -2.21. The lowest BCUT2D eigenvalue weighted by atomic mass is 10.0. The molecule has 0 aliphatic carbocycles. The van der Waals surface area contributed by atoms with Crippen molar-refractivity contribution in [1.82, 2.24) is 14.6 Å². The largest absolute Gasteiger partial charge is 0.416 e. The first kappa shape index (κ1) is 27.2. The zero-order valence-electron chi connectivity index (χ0n) is 20.5. The second-order valence-electron chi connectivity index (χ2n) is 9.19. The molecule has 2 N–H and O–H groups in total. The normalized spacial score (nSPS) is 16.2. The standard InChI is InChI=1S/C25H27F3N4O3S2/c1-15(2)23-22-20(14-32(23)13-17-4-8-18(9-5-17)25(26,27)28)36-24(31-22)30-21(33)12-16-6-10-19(11-7-16)37(34,35)29-3/h4-11,15,23,29H,12-14H2,1-3H3,(H,30,31,33). The molecule has 0 bridgehead atoms. The number of halogens is 3. The van der Waals surface area contributed by atoms with E-state index in [1.165, 1.54) is 42.6 Å². The number of nitrogens with zero attached hydrogens (tertiary/aromatic N) is 2. The number of nitrogens with one attached hydrogen (secondary N) is 2. The van der Waals surface area contributed by atoms with E-state index < -0.39 is 21.8 Å². The number of fused-ring (bicyclic) bond motifs is 1. The van der Waals surface area contributed by atoms with Gasteiger partial charge in [0.05, 0.1) is 28.6 Å². The third kappa shape index (κ3) is 6.20. The van der Waals surface area contributed by atoms with Gasteiger partial charge in [0.1, 0.15) is 0 Å². The number of thiazole rings is 1. The first-order valence-corrected chi connectivity index (χ1v) is 13.9. The summed E-state index contributed by atoms with van der Waals surface area (Å²) in [6.07, 6.45) is -4.30. The second-order valence-corrected chi connectivity index (χ2v) is 12.2. The van der Waals surface area contributed by atoms with Gasteiger partial charge in [0.2, 0.25) is 15.9 Å². The van der Waals surface area contributed by atoms with E-state index in [-0.39, 0.29) is 29.2 Å². The lowest BCUT2D eigenvalue weighted by Crippen LogP contribution is -2.26. The Hall–Kier alpha value is -2.80. The van der Waals surface area contributed by atoms with Gasteiger partial charge in [-0.2, -0.15) is 13.2 Å². The van der Waals surface area contributed by atoms with Crippen LogP contribution in [-0.2, 0) is 40.5 Å². The fraction of sp³-hybridized carbons (Fsp3) is 0.360. The van der Waals surface area contributed by atoms with Crippen molar-refractivity contribution < 1.29 is 26.4 Å². The molecule has 1 aliphatic rings. The minimum atomic E-state index is -4.36. The highest BCUT2D eigenvalue weighted by atomic mass is 32.2. The Kier molecular flexibility index (Phi) is 7.75. The Bertz CT molecular complexity index is 1370. The first-order chi connectivity index (χ1) is 17.4. The molecule has 1 aliphatic heterocycles. The highest BCUT2D eigenvalue weighted by Crippen LogP contribution is 2.43. The van der Waals surface area contributed by atoms with E-state index in [4.69, 9.17) is 0 Å². The van der Waals surface area contributed by atoms with Gasteiger partial charge in [-0.05, 0) is 48.4 Å². The molecule has 0 saturated carbocycles. The SMILES string of the molecule is CNS(=O)(=O)c1ccc(CC(=O)Nc2nc3c(s2)CN(Cc2ccc(C(F)(F)F)cc2)C3C(C)C)cc1. The Labute approximate surface area is 217 Å². The van der Waals surface area contributed by atoms with Crippen LogP contribution in [0.4, 0.5) is 18.3 Å². The number of carbonyl (C=O) groups is 1. The molecule has 1 amide bonds. The third-order valence-corrected chi connectivity index (χ3v) is 8.56. The predicted octanol–water partition coefficient (Wildman–Crippen LogP) is 4.96. The molecule has 1 aromatic heterocycles. The third-order valence-electron chi connectivity index (χ3n) is 6.16. The molecular formula is C25H27F3N4O3S2. The lowest BCUT2D eigenvalue weighted by molar-refractivity contribution is -0.137. The van der Waals surface area contributed by atoms with E-state index in [0.717, 1.165) is 28.3 Å². The van der Waals surface area contributed by atoms with Gasteiger partial charge in [-0.25, -0.2) is 18.1 Å². The molecule has 3 aromatic rings. The number of rotatable bonds is 8. The summed E-state index contributed by atoms with van der Waals surface area (Å²) in [5, 5.41) is 3.32. The van der Waals surface area contributed by atoms with Gasteiger partial charge in [-0.1, -0.05) is 38.1 Å². The van der Waals surface area contributed by atoms with E-state index in [1.54, 1.807) is 12.1 Å². The predicted molar refractivity (Wildman–Crippen MR) is 135 cm³/mol. The molecule has 0 fully saturated rings. The Morgan fingerprint density at radius 2 is 1.73 bits per heavy atom. The molecular weight excluding hydrogens is 525 g/mol. The zero-order valence-corrected chi connectivity index (χ0v) is 22.1.